The summed E-state index contributed by atoms with van der Waals surface area (Å²) in [6.45, 7) is 3.05. The molecule has 2 aromatic carbocycles. The molecule has 0 saturated carbocycles. The van der Waals surface area contributed by atoms with Crippen molar-refractivity contribution < 1.29 is 14.4 Å². The number of fused-ring (bicyclic) bond motifs is 1. The Morgan fingerprint density at radius 1 is 1.24 bits per heavy atom. The van der Waals surface area contributed by atoms with Crippen LogP contribution in [0.4, 0.5) is 5.69 Å². The van der Waals surface area contributed by atoms with Crippen LogP contribution in [0.1, 0.15) is 24.2 Å². The van der Waals surface area contributed by atoms with Crippen molar-refractivity contribution in [3.05, 3.63) is 53.1 Å². The maximum Gasteiger partial charge on any atom is 0.267 e. The average molecular weight is 359 g/mol. The van der Waals surface area contributed by atoms with Gasteiger partial charge in [0.15, 0.2) is 5.78 Å². The van der Waals surface area contributed by atoms with Crippen LogP contribution in [-0.4, -0.2) is 33.0 Å². The number of aromatic nitrogens is 3. The summed E-state index contributed by atoms with van der Waals surface area (Å²) in [5.41, 5.74) is 2.19. The van der Waals surface area contributed by atoms with Crippen molar-refractivity contribution in [2.45, 2.75) is 20.0 Å². The van der Waals surface area contributed by atoms with E-state index in [1.54, 1.807) is 49.4 Å². The molecule has 0 spiro atoms. The fraction of sp³-hybridized carbons (Fsp3) is 0.176. The van der Waals surface area contributed by atoms with E-state index >= 15 is 0 Å². The lowest BCUT2D eigenvalue weighted by Gasteiger charge is -2.14. The van der Waals surface area contributed by atoms with Crippen LogP contribution < -0.4 is 10.2 Å². The number of hydrogen-bond donors (Lipinski definition) is 1. The van der Waals surface area contributed by atoms with Crippen molar-refractivity contribution >= 4 is 40.0 Å². The van der Waals surface area contributed by atoms with Gasteiger partial charge in [-0.25, -0.2) is 0 Å². The molecule has 0 unspecified atom stereocenters. The number of halogens is 1. The Bertz CT molecular complexity index is 954. The van der Waals surface area contributed by atoms with Crippen LogP contribution in [0.25, 0.3) is 11.0 Å². The normalized spacial score (nSPS) is 12.0. The molecule has 25 heavy (non-hydrogen) atoms. The van der Waals surface area contributed by atoms with Gasteiger partial charge in [0, 0.05) is 16.3 Å². The molecule has 3 aromatic rings. The second kappa shape index (κ2) is 6.90. The number of carbonyl (C=O) groups excluding carboxylic acids is 2. The van der Waals surface area contributed by atoms with Gasteiger partial charge in [-0.3, -0.25) is 9.59 Å². The van der Waals surface area contributed by atoms with Crippen molar-refractivity contribution in [2.75, 3.05) is 5.32 Å². The van der Waals surface area contributed by atoms with E-state index in [0.717, 1.165) is 4.85 Å². The second-order valence-electron chi connectivity index (χ2n) is 5.47. The number of anilines is 1. The average Bonchev–Trinajstić information content (AvgIpc) is 2.97. The summed E-state index contributed by atoms with van der Waals surface area (Å²) in [5.74, 6) is -0.460. The van der Waals surface area contributed by atoms with E-state index in [0.29, 0.717) is 27.3 Å². The first kappa shape index (κ1) is 16.9. The number of amides is 1. The molecule has 3 rings (SSSR count). The summed E-state index contributed by atoms with van der Waals surface area (Å²) in [6, 6.07) is 11.7. The van der Waals surface area contributed by atoms with Gasteiger partial charge in [0.25, 0.3) is 5.91 Å². The Hall–Kier alpha value is -2.93. The van der Waals surface area contributed by atoms with Gasteiger partial charge in [-0.1, -0.05) is 28.6 Å². The van der Waals surface area contributed by atoms with E-state index in [4.69, 9.17) is 16.4 Å². The first-order chi connectivity index (χ1) is 11.9. The molecule has 0 bridgehead atoms. The molecule has 1 atom stereocenters. The maximum atomic E-state index is 12.3. The number of hydrogen-bond acceptors (Lipinski definition) is 5. The number of benzene rings is 2. The smallest absolute Gasteiger partial charge is 0.267 e. The van der Waals surface area contributed by atoms with Crippen LogP contribution in [0.3, 0.4) is 0 Å². The van der Waals surface area contributed by atoms with Crippen LogP contribution in [0, 0.1) is 0 Å². The molecule has 7 nitrogen and oxygen atoms in total. The quantitative estimate of drug-likeness (QED) is 0.709. The number of nitrogens with zero attached hydrogens (tertiary/aromatic N) is 3. The van der Waals surface area contributed by atoms with Gasteiger partial charge in [-0.05, 0) is 49.4 Å². The Morgan fingerprint density at radius 3 is 2.80 bits per heavy atom. The van der Waals surface area contributed by atoms with Crippen molar-refractivity contribution in [2.24, 2.45) is 0 Å². The Morgan fingerprint density at radius 2 is 2.04 bits per heavy atom. The summed E-state index contributed by atoms with van der Waals surface area (Å²) in [6.07, 6.45) is -0.843. The zero-order valence-corrected chi connectivity index (χ0v) is 14.3. The van der Waals surface area contributed by atoms with Gasteiger partial charge in [0.05, 0.1) is 0 Å². The molecule has 0 aliphatic carbocycles. The SMILES string of the molecule is CC(=O)c1cccc(NC(=O)[C@H](C)On2nnc3ccc(Cl)cc32)c1. The zero-order chi connectivity index (χ0) is 18.0. The third-order valence-corrected chi connectivity index (χ3v) is 3.78. The molecule has 1 amide bonds. The molecule has 0 aliphatic heterocycles. The van der Waals surface area contributed by atoms with Crippen LogP contribution in [0.2, 0.25) is 5.02 Å². The minimum Gasteiger partial charge on any atom is -0.382 e. The summed E-state index contributed by atoms with van der Waals surface area (Å²) in [5, 5.41) is 11.0. The molecule has 128 valence electrons. The number of nitrogens with one attached hydrogen (secondary N) is 1. The molecule has 0 fully saturated rings. The molecule has 8 heteroatoms. The van der Waals surface area contributed by atoms with Gasteiger partial charge < -0.3 is 10.2 Å². The zero-order valence-electron chi connectivity index (χ0n) is 13.6. The highest BCUT2D eigenvalue weighted by atomic mass is 35.5. The second-order valence-corrected chi connectivity index (χ2v) is 5.91. The molecule has 0 aliphatic rings. The third kappa shape index (κ3) is 3.77. The standard InChI is InChI=1S/C17H15ClN4O3/c1-10(23)12-4-3-5-14(8-12)19-17(24)11(2)25-22-16-9-13(18)6-7-15(16)20-21-22/h3-9,11H,1-2H3,(H,19,24)/t11-/m0/s1. The van der Waals surface area contributed by atoms with Gasteiger partial charge in [-0.2, -0.15) is 0 Å². The first-order valence-corrected chi connectivity index (χ1v) is 7.92. The lowest BCUT2D eigenvalue weighted by molar-refractivity contribution is -0.127. The van der Waals surface area contributed by atoms with Gasteiger partial charge in [0.2, 0.25) is 6.10 Å². The van der Waals surface area contributed by atoms with Crippen LogP contribution in [0.5, 0.6) is 0 Å². The van der Waals surface area contributed by atoms with Crippen molar-refractivity contribution in [3.8, 4) is 0 Å². The lowest BCUT2D eigenvalue weighted by Crippen LogP contribution is -2.35. The molecular formula is C17H15ClN4O3. The molecule has 1 N–H and O–H groups in total. The maximum absolute atomic E-state index is 12.3. The predicted octanol–water partition coefficient (Wildman–Crippen LogP) is 2.74. The van der Waals surface area contributed by atoms with Crippen LogP contribution in [0.15, 0.2) is 42.5 Å². The lowest BCUT2D eigenvalue weighted by atomic mass is 10.1. The van der Waals surface area contributed by atoms with E-state index < -0.39 is 6.10 Å². The Kier molecular flexibility index (Phi) is 4.67. The van der Waals surface area contributed by atoms with Crippen LogP contribution in [-0.2, 0) is 4.79 Å². The molecule has 1 heterocycles. The van der Waals surface area contributed by atoms with Crippen molar-refractivity contribution in [3.63, 3.8) is 0 Å². The summed E-state index contributed by atoms with van der Waals surface area (Å²) >= 11 is 5.96. The van der Waals surface area contributed by atoms with Gasteiger partial charge >= 0.3 is 0 Å². The number of Topliss-reactive ketones (excluding diaryl/α,β-unsaturated/α-hetero) is 1. The van der Waals surface area contributed by atoms with E-state index in [1.807, 2.05) is 0 Å². The molecule has 0 saturated heterocycles. The number of rotatable bonds is 5. The highest BCUT2D eigenvalue weighted by Gasteiger charge is 2.18. The number of carbonyl (C=O) groups is 2. The van der Waals surface area contributed by atoms with Crippen LogP contribution >= 0.6 is 11.6 Å². The van der Waals surface area contributed by atoms with E-state index in [9.17, 15) is 9.59 Å². The predicted molar refractivity (Wildman–Crippen MR) is 93.7 cm³/mol. The largest absolute Gasteiger partial charge is 0.382 e. The summed E-state index contributed by atoms with van der Waals surface area (Å²) in [7, 11) is 0. The molecular weight excluding hydrogens is 344 g/mol. The topological polar surface area (TPSA) is 86.1 Å². The molecule has 1 aromatic heterocycles. The van der Waals surface area contributed by atoms with Crippen molar-refractivity contribution in [1.29, 1.82) is 0 Å². The highest BCUT2D eigenvalue weighted by molar-refractivity contribution is 6.31. The Labute approximate surface area is 148 Å². The monoisotopic (exact) mass is 358 g/mol. The summed E-state index contributed by atoms with van der Waals surface area (Å²) < 4.78 is 0. The van der Waals surface area contributed by atoms with Gasteiger partial charge in [-0.15, -0.1) is 5.10 Å². The summed E-state index contributed by atoms with van der Waals surface area (Å²) in [4.78, 5) is 30.4. The minimum absolute atomic E-state index is 0.0774. The van der Waals surface area contributed by atoms with Gasteiger partial charge in [0.1, 0.15) is 11.0 Å². The first-order valence-electron chi connectivity index (χ1n) is 7.54. The van der Waals surface area contributed by atoms with E-state index in [2.05, 4.69) is 15.6 Å². The fourth-order valence-electron chi connectivity index (χ4n) is 2.21. The third-order valence-electron chi connectivity index (χ3n) is 3.54. The Balaban J connectivity index is 1.73. The van der Waals surface area contributed by atoms with Crippen molar-refractivity contribution in [1.82, 2.24) is 15.2 Å². The van der Waals surface area contributed by atoms with E-state index in [1.165, 1.54) is 6.92 Å². The highest BCUT2D eigenvalue weighted by Crippen LogP contribution is 2.17. The van der Waals surface area contributed by atoms with E-state index in [-0.39, 0.29) is 11.7 Å². The number of ketones is 1. The molecule has 0 radical (unpaired) electrons. The minimum atomic E-state index is -0.843. The fourth-order valence-corrected chi connectivity index (χ4v) is 2.37.